The van der Waals surface area contributed by atoms with Crippen molar-refractivity contribution in [2.75, 3.05) is 53.4 Å². The highest BCUT2D eigenvalue weighted by Gasteiger charge is 2.21. The lowest BCUT2D eigenvalue weighted by Crippen LogP contribution is -2.40. The van der Waals surface area contributed by atoms with Gasteiger partial charge in [0.05, 0.1) is 13.2 Å². The molecule has 0 atom stereocenters. The predicted molar refractivity (Wildman–Crippen MR) is 127 cm³/mol. The summed E-state index contributed by atoms with van der Waals surface area (Å²) in [4.78, 5) is 18.7. The minimum atomic E-state index is 0.207. The molecule has 0 aromatic heterocycles. The normalized spacial score (nSPS) is 16.0. The van der Waals surface area contributed by atoms with Crippen LogP contribution in [-0.2, 0) is 17.8 Å². The molecule has 2 aliphatic heterocycles. The second kappa shape index (κ2) is 15.0. The average Bonchev–Trinajstić information content (AvgIpc) is 2.79. The molecular weight excluding hydrogens is 374 g/mol. The molecule has 1 saturated heterocycles. The van der Waals surface area contributed by atoms with Crippen molar-refractivity contribution in [3.05, 3.63) is 42.5 Å². The molecular formula is C25H43N3O2. The van der Waals surface area contributed by atoms with E-state index in [0.29, 0.717) is 6.54 Å². The molecule has 1 fully saturated rings. The quantitative estimate of drug-likeness (QED) is 0.492. The third-order valence-corrected chi connectivity index (χ3v) is 5.33. The smallest absolute Gasteiger partial charge is 0.237 e. The molecule has 0 aliphatic carbocycles. The van der Waals surface area contributed by atoms with Gasteiger partial charge in [0.25, 0.3) is 0 Å². The Balaban J connectivity index is 0.00000106. The van der Waals surface area contributed by atoms with E-state index in [4.69, 9.17) is 4.74 Å². The summed E-state index contributed by atoms with van der Waals surface area (Å²) in [6.45, 7) is 16.4. The number of hydrogen-bond donors (Lipinski definition) is 0. The van der Waals surface area contributed by atoms with Crippen molar-refractivity contribution in [1.82, 2.24) is 14.7 Å². The third-order valence-electron chi connectivity index (χ3n) is 5.33. The molecule has 1 amide bonds. The summed E-state index contributed by atoms with van der Waals surface area (Å²) in [5.41, 5.74) is 2.58. The summed E-state index contributed by atoms with van der Waals surface area (Å²) >= 11 is 0. The number of fused-ring (bicyclic) bond motifs is 1. The summed E-state index contributed by atoms with van der Waals surface area (Å²) in [5, 5.41) is 0. The number of benzene rings is 1. The molecule has 0 spiro atoms. The molecule has 5 heteroatoms. The summed E-state index contributed by atoms with van der Waals surface area (Å²) in [7, 11) is 3.87. The Morgan fingerprint density at radius 3 is 2.43 bits per heavy atom. The van der Waals surface area contributed by atoms with E-state index in [0.717, 1.165) is 44.8 Å². The van der Waals surface area contributed by atoms with E-state index < -0.39 is 0 Å². The van der Waals surface area contributed by atoms with Crippen molar-refractivity contribution in [2.24, 2.45) is 0 Å². The van der Waals surface area contributed by atoms with Gasteiger partial charge < -0.3 is 19.4 Å². The van der Waals surface area contributed by atoms with Gasteiger partial charge in [0.1, 0.15) is 5.75 Å². The summed E-state index contributed by atoms with van der Waals surface area (Å²) in [6, 6.07) is 6.36. The Bertz CT molecular complexity index is 612. The van der Waals surface area contributed by atoms with Gasteiger partial charge in [-0.25, -0.2) is 0 Å². The summed E-state index contributed by atoms with van der Waals surface area (Å²) < 4.78 is 5.98. The zero-order chi connectivity index (χ0) is 22.4. The van der Waals surface area contributed by atoms with Crippen molar-refractivity contribution < 1.29 is 9.53 Å². The predicted octanol–water partition coefficient (Wildman–Crippen LogP) is 4.22. The highest BCUT2D eigenvalue weighted by atomic mass is 16.5. The van der Waals surface area contributed by atoms with E-state index in [1.807, 2.05) is 37.7 Å². The van der Waals surface area contributed by atoms with Gasteiger partial charge in [-0.15, -0.1) is 13.2 Å². The van der Waals surface area contributed by atoms with Crippen molar-refractivity contribution in [3.8, 4) is 5.75 Å². The first-order valence-corrected chi connectivity index (χ1v) is 11.5. The lowest BCUT2D eigenvalue weighted by Gasteiger charge is -2.30. The van der Waals surface area contributed by atoms with Crippen LogP contribution in [0.3, 0.4) is 0 Å². The number of piperidine rings is 1. The zero-order valence-electron chi connectivity index (χ0n) is 19.8. The Morgan fingerprint density at radius 1 is 1.07 bits per heavy atom. The van der Waals surface area contributed by atoms with Crippen LogP contribution in [-0.4, -0.2) is 74.0 Å². The molecule has 30 heavy (non-hydrogen) atoms. The second-order valence-corrected chi connectivity index (χ2v) is 7.84. The Kier molecular flexibility index (Phi) is 13.1. The van der Waals surface area contributed by atoms with Crippen LogP contribution in [0, 0.1) is 0 Å². The van der Waals surface area contributed by atoms with Crippen molar-refractivity contribution >= 4 is 5.91 Å². The van der Waals surface area contributed by atoms with E-state index in [9.17, 15) is 4.79 Å². The molecule has 0 bridgehead atoms. The molecule has 1 aromatic rings. The lowest BCUT2D eigenvalue weighted by atomic mass is 9.99. The van der Waals surface area contributed by atoms with Crippen molar-refractivity contribution in [2.45, 2.75) is 52.5 Å². The van der Waals surface area contributed by atoms with Crippen LogP contribution in [0.1, 0.15) is 50.7 Å². The minimum absolute atomic E-state index is 0.207. The van der Waals surface area contributed by atoms with Crippen LogP contribution in [0.15, 0.2) is 31.4 Å². The Hall–Kier alpha value is -1.85. The zero-order valence-corrected chi connectivity index (χ0v) is 19.8. The van der Waals surface area contributed by atoms with E-state index in [2.05, 4.69) is 36.3 Å². The van der Waals surface area contributed by atoms with Crippen LogP contribution >= 0.6 is 0 Å². The number of rotatable bonds is 7. The summed E-state index contributed by atoms with van der Waals surface area (Å²) in [5.74, 6) is 1.18. The SMILES string of the molecule is C=C.CC.CN(C)CC(=O)N1CCc2cc(OCCCN3CCCCC3)ccc2C1. The fraction of sp³-hybridized carbons (Fsp3) is 0.640. The van der Waals surface area contributed by atoms with Gasteiger partial charge in [-0.05, 0) is 76.1 Å². The van der Waals surface area contributed by atoms with Crippen LogP contribution in [0.5, 0.6) is 5.75 Å². The molecule has 0 unspecified atom stereocenters. The number of nitrogens with zero attached hydrogens (tertiary/aromatic N) is 3. The first-order chi connectivity index (χ1) is 14.6. The number of likely N-dealkylation sites (tertiary alicyclic amines) is 1. The molecule has 1 aromatic carbocycles. The number of hydrogen-bond acceptors (Lipinski definition) is 4. The maximum Gasteiger partial charge on any atom is 0.237 e. The molecule has 3 rings (SSSR count). The van der Waals surface area contributed by atoms with E-state index in [1.54, 1.807) is 0 Å². The van der Waals surface area contributed by atoms with Crippen molar-refractivity contribution in [3.63, 3.8) is 0 Å². The van der Waals surface area contributed by atoms with Gasteiger partial charge >= 0.3 is 0 Å². The molecule has 170 valence electrons. The molecule has 5 nitrogen and oxygen atoms in total. The standard InChI is InChI=1S/C21H33N3O2.C2H6.C2H4/c1-22(2)17-21(25)24-13-9-18-15-20(8-7-19(18)16-24)26-14-6-12-23-10-4-3-5-11-23;2*1-2/h7-8,15H,3-6,9-14,16-17H2,1-2H3;1-2H3;1-2H2. The number of amides is 1. The maximum absolute atomic E-state index is 12.2. The van der Waals surface area contributed by atoms with Crippen LogP contribution in [0.2, 0.25) is 0 Å². The highest BCUT2D eigenvalue weighted by Crippen LogP contribution is 2.24. The van der Waals surface area contributed by atoms with Gasteiger partial charge in [0.15, 0.2) is 0 Å². The Labute approximate surface area is 184 Å². The van der Waals surface area contributed by atoms with Gasteiger partial charge in [-0.1, -0.05) is 26.3 Å². The van der Waals surface area contributed by atoms with E-state index in [1.165, 1.54) is 43.5 Å². The van der Waals surface area contributed by atoms with E-state index >= 15 is 0 Å². The van der Waals surface area contributed by atoms with Crippen LogP contribution in [0.25, 0.3) is 0 Å². The first kappa shape index (κ1) is 26.2. The fourth-order valence-corrected chi connectivity index (χ4v) is 3.86. The van der Waals surface area contributed by atoms with Gasteiger partial charge in [-0.3, -0.25) is 4.79 Å². The average molecular weight is 418 g/mol. The Morgan fingerprint density at radius 2 is 1.77 bits per heavy atom. The van der Waals surface area contributed by atoms with Crippen molar-refractivity contribution in [1.29, 1.82) is 0 Å². The maximum atomic E-state index is 12.2. The molecule has 0 saturated carbocycles. The minimum Gasteiger partial charge on any atom is -0.494 e. The third kappa shape index (κ3) is 8.88. The molecule has 2 heterocycles. The number of likely N-dealkylation sites (N-methyl/N-ethyl adjacent to an activating group) is 1. The van der Waals surface area contributed by atoms with Gasteiger partial charge in [-0.2, -0.15) is 0 Å². The van der Waals surface area contributed by atoms with Gasteiger partial charge in [0.2, 0.25) is 5.91 Å². The van der Waals surface area contributed by atoms with Crippen LogP contribution < -0.4 is 4.74 Å². The fourth-order valence-electron chi connectivity index (χ4n) is 3.86. The highest BCUT2D eigenvalue weighted by molar-refractivity contribution is 5.78. The van der Waals surface area contributed by atoms with E-state index in [-0.39, 0.29) is 5.91 Å². The largest absolute Gasteiger partial charge is 0.494 e. The molecule has 0 radical (unpaired) electrons. The molecule has 2 aliphatic rings. The number of ether oxygens (including phenoxy) is 1. The second-order valence-electron chi connectivity index (χ2n) is 7.84. The van der Waals surface area contributed by atoms with Crippen LogP contribution in [0.4, 0.5) is 0 Å². The first-order valence-electron chi connectivity index (χ1n) is 11.5. The summed E-state index contributed by atoms with van der Waals surface area (Å²) in [6.07, 6.45) is 6.09. The number of carbonyl (C=O) groups is 1. The monoisotopic (exact) mass is 417 g/mol. The van der Waals surface area contributed by atoms with Gasteiger partial charge in [0, 0.05) is 19.6 Å². The number of carbonyl (C=O) groups excluding carboxylic acids is 1. The lowest BCUT2D eigenvalue weighted by molar-refractivity contribution is -0.132. The molecule has 0 N–H and O–H groups in total. The topological polar surface area (TPSA) is 36.0 Å².